The number of hydrogen-bond donors (Lipinski definition) is 0. The van der Waals surface area contributed by atoms with Crippen LogP contribution in [0.15, 0.2) is 94.9 Å². The number of para-hydroxylation sites is 2. The van der Waals surface area contributed by atoms with E-state index in [1.807, 2.05) is 0 Å². The fraction of sp³-hybridized carbons (Fsp3) is 0.316. The average molecular weight is 647 g/mol. The van der Waals surface area contributed by atoms with Gasteiger partial charge in [0.1, 0.15) is 0 Å². The Labute approximate surface area is 258 Å². The molecule has 3 heteroatoms. The van der Waals surface area contributed by atoms with E-state index in [1.54, 1.807) is 0 Å². The maximum absolute atomic E-state index is 5.12. The molecular formula is C38H44N2Sn. The SMILES string of the molecule is CC(C)c1cccc(C(C)C)c1C=Nc1cccc[c]1[Sn][c]1ccccc1N=Cc1c(C(C)C)cccc1C(C)C. The van der Waals surface area contributed by atoms with Gasteiger partial charge < -0.3 is 0 Å². The first-order valence-corrected chi connectivity index (χ1v) is 17.8. The van der Waals surface area contributed by atoms with Crippen molar-refractivity contribution < 1.29 is 0 Å². The van der Waals surface area contributed by atoms with Crippen LogP contribution in [0.5, 0.6) is 0 Å². The van der Waals surface area contributed by atoms with Gasteiger partial charge in [0.25, 0.3) is 0 Å². The molecule has 0 aromatic heterocycles. The normalized spacial score (nSPS) is 12.2. The van der Waals surface area contributed by atoms with Gasteiger partial charge in [0.2, 0.25) is 0 Å². The molecular weight excluding hydrogens is 603 g/mol. The van der Waals surface area contributed by atoms with Gasteiger partial charge in [-0.2, -0.15) is 0 Å². The minimum atomic E-state index is -1.18. The van der Waals surface area contributed by atoms with E-state index in [2.05, 4.69) is 153 Å². The second-order valence-corrected chi connectivity index (χ2v) is 15.8. The Morgan fingerprint density at radius 3 is 1.07 bits per heavy atom. The Bertz CT molecular complexity index is 1360. The van der Waals surface area contributed by atoms with Gasteiger partial charge in [0.15, 0.2) is 0 Å². The van der Waals surface area contributed by atoms with Crippen LogP contribution in [0.4, 0.5) is 11.4 Å². The molecule has 4 aromatic rings. The van der Waals surface area contributed by atoms with E-state index in [-0.39, 0.29) is 0 Å². The first-order chi connectivity index (χ1) is 19.7. The maximum atomic E-state index is 5.12. The van der Waals surface area contributed by atoms with E-state index in [1.165, 1.54) is 40.5 Å². The molecule has 0 atom stereocenters. The summed E-state index contributed by atoms with van der Waals surface area (Å²) in [6, 6.07) is 30.7. The van der Waals surface area contributed by atoms with E-state index in [0.29, 0.717) is 23.7 Å². The van der Waals surface area contributed by atoms with Crippen LogP contribution in [0.2, 0.25) is 0 Å². The van der Waals surface area contributed by atoms with Crippen LogP contribution < -0.4 is 7.16 Å². The molecule has 41 heavy (non-hydrogen) atoms. The van der Waals surface area contributed by atoms with E-state index in [4.69, 9.17) is 9.98 Å². The molecule has 0 saturated carbocycles. The molecule has 0 fully saturated rings. The van der Waals surface area contributed by atoms with Gasteiger partial charge in [-0.15, -0.1) is 0 Å². The van der Waals surface area contributed by atoms with E-state index in [0.717, 1.165) is 11.4 Å². The molecule has 4 aromatic carbocycles. The predicted octanol–water partition coefficient (Wildman–Crippen LogP) is 9.34. The molecule has 0 amide bonds. The van der Waals surface area contributed by atoms with Gasteiger partial charge in [-0.1, -0.05) is 0 Å². The molecule has 0 aliphatic carbocycles. The summed E-state index contributed by atoms with van der Waals surface area (Å²) in [6.07, 6.45) is 4.23. The number of aliphatic imine (C=N–C) groups is 2. The number of hydrogen-bond acceptors (Lipinski definition) is 2. The zero-order valence-corrected chi connectivity index (χ0v) is 28.8. The van der Waals surface area contributed by atoms with Crippen LogP contribution in [0.3, 0.4) is 0 Å². The van der Waals surface area contributed by atoms with Crippen LogP contribution in [0, 0.1) is 0 Å². The summed E-state index contributed by atoms with van der Waals surface area (Å²) in [7, 11) is 0. The third kappa shape index (κ3) is 7.65. The first kappa shape index (κ1) is 31.0. The van der Waals surface area contributed by atoms with Crippen molar-refractivity contribution in [2.24, 2.45) is 9.98 Å². The molecule has 0 unspecified atom stereocenters. The number of nitrogens with zero attached hydrogens (tertiary/aromatic N) is 2. The summed E-state index contributed by atoms with van der Waals surface area (Å²) in [5.41, 5.74) is 10.1. The van der Waals surface area contributed by atoms with Crippen LogP contribution in [0.1, 0.15) is 112 Å². The first-order valence-electron chi connectivity index (χ1n) is 15.0. The summed E-state index contributed by atoms with van der Waals surface area (Å²) >= 11 is -1.18. The Hall–Kier alpha value is -2.98. The monoisotopic (exact) mass is 648 g/mol. The quantitative estimate of drug-likeness (QED) is 0.121. The van der Waals surface area contributed by atoms with Gasteiger partial charge in [-0.3, -0.25) is 0 Å². The van der Waals surface area contributed by atoms with Crippen molar-refractivity contribution in [3.05, 3.63) is 118 Å². The molecule has 0 aliphatic rings. The molecule has 0 saturated heterocycles. The fourth-order valence-electron chi connectivity index (χ4n) is 5.31. The summed E-state index contributed by atoms with van der Waals surface area (Å²) in [5.74, 6) is 1.79. The van der Waals surface area contributed by atoms with Gasteiger partial charge in [0, 0.05) is 0 Å². The third-order valence-corrected chi connectivity index (χ3v) is 11.5. The Morgan fingerprint density at radius 1 is 0.439 bits per heavy atom. The molecule has 0 spiro atoms. The van der Waals surface area contributed by atoms with Crippen molar-refractivity contribution >= 4 is 52.1 Å². The molecule has 0 heterocycles. The second kappa shape index (κ2) is 14.3. The van der Waals surface area contributed by atoms with Gasteiger partial charge in [-0.05, 0) is 0 Å². The van der Waals surface area contributed by atoms with Crippen molar-refractivity contribution in [1.29, 1.82) is 0 Å². The topological polar surface area (TPSA) is 24.7 Å². The van der Waals surface area contributed by atoms with Crippen LogP contribution in [0.25, 0.3) is 0 Å². The summed E-state index contributed by atoms with van der Waals surface area (Å²) in [4.78, 5) is 10.2. The summed E-state index contributed by atoms with van der Waals surface area (Å²) < 4.78 is 2.74. The average Bonchev–Trinajstić information content (AvgIpc) is 2.95. The number of benzene rings is 4. The van der Waals surface area contributed by atoms with Gasteiger partial charge >= 0.3 is 259 Å². The van der Waals surface area contributed by atoms with Crippen LogP contribution >= 0.6 is 0 Å². The van der Waals surface area contributed by atoms with Gasteiger partial charge in [0.05, 0.1) is 0 Å². The molecule has 0 N–H and O–H groups in total. The minimum absolute atomic E-state index is 0.448. The summed E-state index contributed by atoms with van der Waals surface area (Å²) in [6.45, 7) is 18.1. The van der Waals surface area contributed by atoms with E-state index >= 15 is 0 Å². The molecule has 210 valence electrons. The molecule has 4 rings (SSSR count). The molecule has 2 radical (unpaired) electrons. The van der Waals surface area contributed by atoms with Gasteiger partial charge in [-0.25, -0.2) is 0 Å². The van der Waals surface area contributed by atoms with Crippen LogP contribution in [-0.2, 0) is 0 Å². The number of rotatable bonds is 10. The fourth-order valence-corrected chi connectivity index (χ4v) is 8.74. The van der Waals surface area contributed by atoms with E-state index < -0.39 is 21.1 Å². The second-order valence-electron chi connectivity index (χ2n) is 12.0. The van der Waals surface area contributed by atoms with Crippen molar-refractivity contribution in [2.45, 2.75) is 79.1 Å². The summed E-state index contributed by atoms with van der Waals surface area (Å²) in [5, 5.41) is 0. The third-order valence-electron chi connectivity index (χ3n) is 7.58. The van der Waals surface area contributed by atoms with Crippen LogP contribution in [-0.4, -0.2) is 33.6 Å². The molecule has 0 bridgehead atoms. The Morgan fingerprint density at radius 2 is 0.756 bits per heavy atom. The van der Waals surface area contributed by atoms with Crippen molar-refractivity contribution in [2.75, 3.05) is 0 Å². The van der Waals surface area contributed by atoms with E-state index in [9.17, 15) is 0 Å². The predicted molar refractivity (Wildman–Crippen MR) is 182 cm³/mol. The molecule has 0 aliphatic heterocycles. The standard InChI is InChI=1S/2C19H22N.Sn/c2*1-14(2)17-11-8-12-18(15(3)4)19(17)13-20-16-9-6-5-7-10-16;/h2*5-9,11-15H,1-4H3;. The van der Waals surface area contributed by atoms with Crippen molar-refractivity contribution in [3.63, 3.8) is 0 Å². The Kier molecular flexibility index (Phi) is 10.8. The van der Waals surface area contributed by atoms with Crippen molar-refractivity contribution in [1.82, 2.24) is 0 Å². The Balaban J connectivity index is 1.70. The zero-order valence-electron chi connectivity index (χ0n) is 25.9. The zero-order chi connectivity index (χ0) is 29.5. The molecule has 2 nitrogen and oxygen atoms in total. The van der Waals surface area contributed by atoms with Crippen molar-refractivity contribution in [3.8, 4) is 0 Å².